The molecule has 0 amide bonds. The minimum absolute atomic E-state index is 0.0803. The average Bonchev–Trinajstić information content (AvgIpc) is 2.54. The topological polar surface area (TPSA) is 40.5 Å². The molecule has 0 aliphatic rings. The first-order chi connectivity index (χ1) is 6.24. The van der Waals surface area contributed by atoms with Gasteiger partial charge in [0.25, 0.3) is 0 Å². The van der Waals surface area contributed by atoms with E-state index in [4.69, 9.17) is 5.11 Å². The maximum atomic E-state index is 9.58. The summed E-state index contributed by atoms with van der Waals surface area (Å²) in [6.07, 6.45) is 0. The van der Waals surface area contributed by atoms with E-state index < -0.39 is 0 Å². The molecule has 0 atom stereocenters. The summed E-state index contributed by atoms with van der Waals surface area (Å²) in [5.41, 5.74) is 0.559. The molecule has 13 heavy (non-hydrogen) atoms. The smallest absolute Gasteiger partial charge is 0.135 e. The number of phenols is 1. The lowest BCUT2D eigenvalue weighted by molar-refractivity contribution is 0.276. The molecule has 0 unspecified atom stereocenters. The first-order valence-corrected chi connectivity index (χ1v) is 5.08. The highest BCUT2D eigenvalue weighted by atomic mass is 32.1. The van der Waals surface area contributed by atoms with Crippen molar-refractivity contribution in [1.29, 1.82) is 0 Å². The van der Waals surface area contributed by atoms with E-state index in [9.17, 15) is 5.11 Å². The zero-order valence-corrected chi connectivity index (χ0v) is 8.40. The van der Waals surface area contributed by atoms with E-state index in [1.807, 2.05) is 11.4 Å². The Balaban J connectivity index is 2.87. The van der Waals surface area contributed by atoms with Gasteiger partial charge in [0.15, 0.2) is 0 Å². The Labute approximate surface area is 84.9 Å². The molecular weight excluding hydrogens is 204 g/mol. The second-order valence-corrected chi connectivity index (χ2v) is 4.14. The molecule has 68 valence electrons. The number of thiophene rings is 1. The van der Waals surface area contributed by atoms with E-state index in [0.29, 0.717) is 10.5 Å². The van der Waals surface area contributed by atoms with Crippen LogP contribution in [0.2, 0.25) is 0 Å². The number of aliphatic hydroxyl groups excluding tert-OH is 1. The van der Waals surface area contributed by atoms with Crippen molar-refractivity contribution in [1.82, 2.24) is 0 Å². The monoisotopic (exact) mass is 212 g/mol. The quantitative estimate of drug-likeness (QED) is 0.635. The molecule has 1 heterocycles. The van der Waals surface area contributed by atoms with Gasteiger partial charge in [-0.3, -0.25) is 0 Å². The highest BCUT2D eigenvalue weighted by molar-refractivity contribution is 7.80. The van der Waals surface area contributed by atoms with Gasteiger partial charge in [0.05, 0.1) is 6.61 Å². The fraction of sp³-hybridized carbons (Fsp3) is 0.111. The zero-order chi connectivity index (χ0) is 9.42. The van der Waals surface area contributed by atoms with Crippen molar-refractivity contribution in [2.24, 2.45) is 0 Å². The van der Waals surface area contributed by atoms with E-state index in [-0.39, 0.29) is 12.4 Å². The summed E-state index contributed by atoms with van der Waals surface area (Å²) >= 11 is 5.69. The summed E-state index contributed by atoms with van der Waals surface area (Å²) in [7, 11) is 0. The third-order valence-electron chi connectivity index (χ3n) is 1.97. The molecule has 1 aromatic heterocycles. The largest absolute Gasteiger partial charge is 0.506 e. The van der Waals surface area contributed by atoms with Gasteiger partial charge < -0.3 is 10.2 Å². The molecular formula is C9H8O2S2. The maximum Gasteiger partial charge on any atom is 0.135 e. The zero-order valence-electron chi connectivity index (χ0n) is 6.69. The van der Waals surface area contributed by atoms with E-state index in [0.717, 1.165) is 10.1 Å². The van der Waals surface area contributed by atoms with Crippen LogP contribution in [0.1, 0.15) is 5.56 Å². The Morgan fingerprint density at radius 2 is 2.23 bits per heavy atom. The van der Waals surface area contributed by atoms with Gasteiger partial charge in [-0.2, -0.15) is 0 Å². The van der Waals surface area contributed by atoms with Crippen molar-refractivity contribution < 1.29 is 10.2 Å². The molecule has 0 fully saturated rings. The number of hydrogen-bond acceptors (Lipinski definition) is 4. The molecule has 2 N–H and O–H groups in total. The Bertz CT molecular complexity index is 448. The van der Waals surface area contributed by atoms with Crippen LogP contribution in [0.4, 0.5) is 0 Å². The fourth-order valence-corrected chi connectivity index (χ4v) is 2.52. The number of fused-ring (bicyclic) bond motifs is 1. The Hall–Kier alpha value is -0.710. The molecule has 0 aliphatic carbocycles. The van der Waals surface area contributed by atoms with Crippen LogP contribution in [-0.4, -0.2) is 10.2 Å². The highest BCUT2D eigenvalue weighted by Crippen LogP contribution is 2.35. The molecule has 0 spiro atoms. The van der Waals surface area contributed by atoms with Gasteiger partial charge in [0, 0.05) is 20.5 Å². The minimum Gasteiger partial charge on any atom is -0.506 e. The van der Waals surface area contributed by atoms with E-state index in [1.165, 1.54) is 0 Å². The SMILES string of the molecule is OCc1c(O)c(S)cc2sccc12. The fourth-order valence-electron chi connectivity index (χ4n) is 1.32. The normalized spacial score (nSPS) is 10.9. The lowest BCUT2D eigenvalue weighted by atomic mass is 10.1. The lowest BCUT2D eigenvalue weighted by Crippen LogP contribution is -1.86. The van der Waals surface area contributed by atoms with Crippen LogP contribution >= 0.6 is 24.0 Å². The van der Waals surface area contributed by atoms with Crippen LogP contribution < -0.4 is 0 Å². The number of aromatic hydroxyl groups is 1. The van der Waals surface area contributed by atoms with Crippen molar-refractivity contribution in [2.45, 2.75) is 11.5 Å². The Morgan fingerprint density at radius 1 is 1.46 bits per heavy atom. The highest BCUT2D eigenvalue weighted by Gasteiger charge is 2.10. The Morgan fingerprint density at radius 3 is 2.92 bits per heavy atom. The minimum atomic E-state index is -0.159. The predicted molar refractivity (Wildman–Crippen MR) is 56.7 cm³/mol. The first kappa shape index (κ1) is 8.87. The van der Waals surface area contributed by atoms with E-state index in [2.05, 4.69) is 12.6 Å². The summed E-state index contributed by atoms with van der Waals surface area (Å²) in [4.78, 5) is 0.513. The predicted octanol–water partition coefficient (Wildman–Crippen LogP) is 2.39. The van der Waals surface area contributed by atoms with Crippen LogP contribution in [0.15, 0.2) is 22.4 Å². The number of benzene rings is 1. The second kappa shape index (κ2) is 3.21. The van der Waals surface area contributed by atoms with Crippen molar-refractivity contribution >= 4 is 34.1 Å². The number of hydrogen-bond donors (Lipinski definition) is 3. The summed E-state index contributed by atoms with van der Waals surface area (Å²) in [6, 6.07) is 3.69. The summed E-state index contributed by atoms with van der Waals surface area (Å²) < 4.78 is 1.03. The van der Waals surface area contributed by atoms with Crippen molar-refractivity contribution in [3.8, 4) is 5.75 Å². The molecule has 0 bridgehead atoms. The summed E-state index contributed by atoms with van der Waals surface area (Å²) in [5, 5.41) is 21.5. The van der Waals surface area contributed by atoms with Gasteiger partial charge in [-0.25, -0.2) is 0 Å². The van der Waals surface area contributed by atoms with E-state index >= 15 is 0 Å². The molecule has 0 saturated heterocycles. The molecule has 0 aliphatic heterocycles. The molecule has 1 aromatic carbocycles. The third kappa shape index (κ3) is 1.31. The van der Waals surface area contributed by atoms with Crippen molar-refractivity contribution in [3.63, 3.8) is 0 Å². The van der Waals surface area contributed by atoms with Gasteiger partial charge >= 0.3 is 0 Å². The van der Waals surface area contributed by atoms with Crippen molar-refractivity contribution in [2.75, 3.05) is 0 Å². The van der Waals surface area contributed by atoms with Gasteiger partial charge in [0.1, 0.15) is 5.75 Å². The number of rotatable bonds is 1. The van der Waals surface area contributed by atoms with Crippen LogP contribution in [0.3, 0.4) is 0 Å². The van der Waals surface area contributed by atoms with Crippen LogP contribution in [0.5, 0.6) is 5.75 Å². The van der Waals surface area contributed by atoms with Gasteiger partial charge in [-0.1, -0.05) is 0 Å². The van der Waals surface area contributed by atoms with Gasteiger partial charge in [0.2, 0.25) is 0 Å². The standard InChI is InChI=1S/C9H8O2S2/c10-4-6-5-1-2-13-8(5)3-7(12)9(6)11/h1-3,10-12H,4H2. The average molecular weight is 212 g/mol. The molecule has 2 aromatic rings. The molecule has 0 saturated carbocycles. The van der Waals surface area contributed by atoms with E-state index in [1.54, 1.807) is 17.4 Å². The number of aliphatic hydroxyl groups is 1. The summed E-state index contributed by atoms with van der Waals surface area (Å²) in [5.74, 6) is 0.0803. The van der Waals surface area contributed by atoms with Crippen molar-refractivity contribution in [3.05, 3.63) is 23.1 Å². The lowest BCUT2D eigenvalue weighted by Gasteiger charge is -2.05. The molecule has 4 heteroatoms. The van der Waals surface area contributed by atoms with Gasteiger partial charge in [-0.15, -0.1) is 24.0 Å². The molecule has 2 nitrogen and oxygen atoms in total. The second-order valence-electron chi connectivity index (χ2n) is 2.71. The summed E-state index contributed by atoms with van der Waals surface area (Å²) in [6.45, 7) is -0.159. The number of thiol groups is 1. The van der Waals surface area contributed by atoms with Gasteiger partial charge in [-0.05, 0) is 17.5 Å². The maximum absolute atomic E-state index is 9.58. The van der Waals surface area contributed by atoms with Crippen LogP contribution in [-0.2, 0) is 6.61 Å². The molecule has 0 radical (unpaired) electrons. The molecule has 2 rings (SSSR count). The van der Waals surface area contributed by atoms with Crippen LogP contribution in [0, 0.1) is 0 Å². The Kier molecular flexibility index (Phi) is 2.19. The van der Waals surface area contributed by atoms with Crippen LogP contribution in [0.25, 0.3) is 10.1 Å². The third-order valence-corrected chi connectivity index (χ3v) is 3.18. The first-order valence-electron chi connectivity index (χ1n) is 3.76.